The smallest absolute Gasteiger partial charge is 0.165 e. The fourth-order valence-corrected chi connectivity index (χ4v) is 5.30. The van der Waals surface area contributed by atoms with Gasteiger partial charge in [-0.3, -0.25) is 0 Å². The van der Waals surface area contributed by atoms with E-state index in [9.17, 15) is 5.11 Å². The summed E-state index contributed by atoms with van der Waals surface area (Å²) in [4.78, 5) is 7.37. The van der Waals surface area contributed by atoms with Crippen molar-refractivity contribution in [3.05, 3.63) is 65.9 Å². The van der Waals surface area contributed by atoms with Gasteiger partial charge >= 0.3 is 0 Å². The van der Waals surface area contributed by atoms with Crippen molar-refractivity contribution in [3.63, 3.8) is 0 Å². The van der Waals surface area contributed by atoms with Crippen molar-refractivity contribution >= 4 is 31.0 Å². The maximum atomic E-state index is 10.4. The molecule has 0 amide bonds. The molecule has 34 heavy (non-hydrogen) atoms. The topological polar surface area (TPSA) is 65.7 Å². The zero-order chi connectivity index (χ0) is 23.7. The van der Waals surface area contributed by atoms with E-state index in [0.29, 0.717) is 14.5 Å². The molecule has 0 bridgehead atoms. The molecule has 176 valence electrons. The number of aromatic nitrogens is 3. The zero-order valence-corrected chi connectivity index (χ0v) is 21.0. The highest BCUT2D eigenvalue weighted by Gasteiger charge is 2.21. The Morgan fingerprint density at radius 2 is 1.97 bits per heavy atom. The molecule has 7 heteroatoms. The first-order valence-electron chi connectivity index (χ1n) is 11.9. The first-order valence-corrected chi connectivity index (χ1v) is 13.4. The zero-order valence-electron chi connectivity index (χ0n) is 20.0. The molecule has 0 spiro atoms. The molecule has 2 aromatic carbocycles. The molecular weight excluding hydrogens is 441 g/mol. The van der Waals surface area contributed by atoms with Gasteiger partial charge in [-0.05, 0) is 74.7 Å². The highest BCUT2D eigenvalue weighted by Crippen LogP contribution is 2.30. The second-order valence-corrected chi connectivity index (χ2v) is 10.2. The van der Waals surface area contributed by atoms with Gasteiger partial charge < -0.3 is 15.3 Å². The van der Waals surface area contributed by atoms with Crippen LogP contribution in [0.2, 0.25) is 0 Å². The second-order valence-electron chi connectivity index (χ2n) is 9.19. The van der Waals surface area contributed by atoms with Crippen LogP contribution < -0.4 is 15.5 Å². The quantitative estimate of drug-likeness (QED) is 0.387. The summed E-state index contributed by atoms with van der Waals surface area (Å²) >= 11 is 0. The lowest BCUT2D eigenvalue weighted by Gasteiger charge is -2.35. The fourth-order valence-electron chi connectivity index (χ4n) is 4.73. The van der Waals surface area contributed by atoms with Crippen molar-refractivity contribution in [2.24, 2.45) is 5.92 Å². The third-order valence-electron chi connectivity index (χ3n) is 6.87. The van der Waals surface area contributed by atoms with Gasteiger partial charge in [0.1, 0.15) is 11.6 Å². The van der Waals surface area contributed by atoms with Crippen LogP contribution >= 0.6 is 8.58 Å². The molecule has 3 heterocycles. The van der Waals surface area contributed by atoms with Crippen LogP contribution in [0.5, 0.6) is 5.75 Å². The van der Waals surface area contributed by atoms with Crippen molar-refractivity contribution in [3.8, 4) is 17.0 Å². The van der Waals surface area contributed by atoms with Gasteiger partial charge in [-0.2, -0.15) is 9.61 Å². The number of phenols is 1. The van der Waals surface area contributed by atoms with Crippen molar-refractivity contribution in [2.75, 3.05) is 36.5 Å². The Hall–Kier alpha value is -3.11. The van der Waals surface area contributed by atoms with Crippen LogP contribution in [0.4, 0.5) is 11.5 Å². The van der Waals surface area contributed by atoms with Crippen LogP contribution in [0.1, 0.15) is 24.0 Å². The number of hydrogen-bond donors (Lipinski definition) is 2. The Balaban J connectivity index is 1.39. The van der Waals surface area contributed by atoms with Crippen molar-refractivity contribution < 1.29 is 5.11 Å². The summed E-state index contributed by atoms with van der Waals surface area (Å²) in [6, 6.07) is 16.2. The SMILES string of the molecule is CPc1cnn2c(NCC3CCCN(c4ccc(C)c(C)c4)C3)cc(-c3ccccc3O)nc12. The lowest BCUT2D eigenvalue weighted by molar-refractivity contribution is 0.431. The Labute approximate surface area is 202 Å². The molecule has 0 aliphatic carbocycles. The van der Waals surface area contributed by atoms with E-state index in [4.69, 9.17) is 4.98 Å². The van der Waals surface area contributed by atoms with E-state index in [-0.39, 0.29) is 5.75 Å². The first kappa shape index (κ1) is 22.7. The highest BCUT2D eigenvalue weighted by molar-refractivity contribution is 7.46. The standard InChI is InChI=1S/C27H32N5OP/c1-18-10-11-21(13-19(18)2)31-12-6-7-20(17-31)15-28-26-14-23(22-8-4-5-9-24(22)33)30-27-25(34-3)16-29-32(26)27/h4-5,8-11,13-14,16,20,28,33-34H,6-7,12,15,17H2,1-3H3. The summed E-state index contributed by atoms with van der Waals surface area (Å²) in [5, 5.41) is 19.8. The average molecular weight is 474 g/mol. The van der Waals surface area contributed by atoms with Crippen molar-refractivity contribution in [2.45, 2.75) is 26.7 Å². The van der Waals surface area contributed by atoms with E-state index >= 15 is 0 Å². The van der Waals surface area contributed by atoms with Crippen LogP contribution in [0, 0.1) is 19.8 Å². The number of aryl methyl sites for hydroxylation is 2. The lowest BCUT2D eigenvalue weighted by Crippen LogP contribution is -2.38. The van der Waals surface area contributed by atoms with E-state index in [2.05, 4.69) is 54.0 Å². The van der Waals surface area contributed by atoms with Crippen LogP contribution in [-0.2, 0) is 0 Å². The third-order valence-corrected chi connectivity index (χ3v) is 7.76. The molecule has 0 saturated carbocycles. The van der Waals surface area contributed by atoms with E-state index in [0.717, 1.165) is 47.7 Å². The van der Waals surface area contributed by atoms with Crippen molar-refractivity contribution in [1.29, 1.82) is 0 Å². The second kappa shape index (κ2) is 9.63. The van der Waals surface area contributed by atoms with Gasteiger partial charge in [0, 0.05) is 42.3 Å². The Morgan fingerprint density at radius 1 is 1.12 bits per heavy atom. The van der Waals surface area contributed by atoms with Gasteiger partial charge in [-0.25, -0.2) is 4.98 Å². The summed E-state index contributed by atoms with van der Waals surface area (Å²) < 4.78 is 1.90. The summed E-state index contributed by atoms with van der Waals surface area (Å²) in [6.07, 6.45) is 4.30. The molecule has 2 aromatic heterocycles. The third kappa shape index (κ3) is 4.47. The number of nitrogens with one attached hydrogen (secondary N) is 1. The maximum Gasteiger partial charge on any atom is 0.165 e. The number of phenolic OH excluding ortho intramolecular Hbond substituents is 1. The minimum Gasteiger partial charge on any atom is -0.507 e. The number of piperidine rings is 1. The van der Waals surface area contributed by atoms with Gasteiger partial charge in [-0.1, -0.05) is 26.8 Å². The number of rotatable bonds is 6. The molecule has 4 aromatic rings. The monoisotopic (exact) mass is 473 g/mol. The molecule has 1 fully saturated rings. The molecule has 1 aliphatic heterocycles. The van der Waals surface area contributed by atoms with Gasteiger partial charge in [0.15, 0.2) is 5.65 Å². The largest absolute Gasteiger partial charge is 0.507 e. The Kier molecular flexibility index (Phi) is 6.42. The van der Waals surface area contributed by atoms with E-state index in [1.54, 1.807) is 6.07 Å². The molecule has 1 aliphatic rings. The summed E-state index contributed by atoms with van der Waals surface area (Å²) in [6.45, 7) is 9.51. The number of aromatic hydroxyl groups is 1. The van der Waals surface area contributed by atoms with Crippen LogP contribution in [0.15, 0.2) is 54.7 Å². The van der Waals surface area contributed by atoms with Gasteiger partial charge in [0.25, 0.3) is 0 Å². The van der Waals surface area contributed by atoms with E-state index < -0.39 is 0 Å². The Morgan fingerprint density at radius 3 is 2.76 bits per heavy atom. The number of hydrogen-bond acceptors (Lipinski definition) is 5. The molecule has 2 atom stereocenters. The molecule has 2 N–H and O–H groups in total. The average Bonchev–Trinajstić information content (AvgIpc) is 3.28. The molecule has 2 unspecified atom stereocenters. The molecule has 0 radical (unpaired) electrons. The number of para-hydroxylation sites is 1. The number of anilines is 2. The predicted molar refractivity (Wildman–Crippen MR) is 143 cm³/mol. The molecule has 1 saturated heterocycles. The van der Waals surface area contributed by atoms with Gasteiger partial charge in [0.2, 0.25) is 0 Å². The highest BCUT2D eigenvalue weighted by atomic mass is 31.1. The van der Waals surface area contributed by atoms with Crippen LogP contribution in [-0.4, -0.2) is 46.0 Å². The number of nitrogens with zero attached hydrogens (tertiary/aromatic N) is 4. The Bertz CT molecular complexity index is 1320. The van der Waals surface area contributed by atoms with E-state index in [1.165, 1.54) is 29.7 Å². The number of benzene rings is 2. The van der Waals surface area contributed by atoms with Crippen molar-refractivity contribution in [1.82, 2.24) is 14.6 Å². The summed E-state index contributed by atoms with van der Waals surface area (Å²) in [5.74, 6) is 1.69. The summed E-state index contributed by atoms with van der Waals surface area (Å²) in [5.41, 5.74) is 6.35. The summed E-state index contributed by atoms with van der Waals surface area (Å²) in [7, 11) is 0.598. The maximum absolute atomic E-state index is 10.4. The molecule has 6 nitrogen and oxygen atoms in total. The molecular formula is C27H32N5OP. The van der Waals surface area contributed by atoms with Gasteiger partial charge in [0.05, 0.1) is 11.9 Å². The van der Waals surface area contributed by atoms with Gasteiger partial charge in [-0.15, -0.1) is 0 Å². The lowest BCUT2D eigenvalue weighted by atomic mass is 9.97. The number of fused-ring (bicyclic) bond motifs is 1. The predicted octanol–water partition coefficient (Wildman–Crippen LogP) is 4.98. The van der Waals surface area contributed by atoms with Crippen LogP contribution in [0.25, 0.3) is 16.9 Å². The minimum atomic E-state index is 0.238. The normalized spacial score (nSPS) is 16.6. The minimum absolute atomic E-state index is 0.238. The van der Waals surface area contributed by atoms with Crippen LogP contribution in [0.3, 0.4) is 0 Å². The first-order chi connectivity index (χ1) is 16.5. The van der Waals surface area contributed by atoms with E-state index in [1.807, 2.05) is 35.0 Å². The molecule has 5 rings (SSSR count). The fraction of sp³-hybridized carbons (Fsp3) is 0.333.